The lowest BCUT2D eigenvalue weighted by molar-refractivity contribution is -0.340. The number of amides is 2. The number of pyridine rings is 1. The maximum absolute atomic E-state index is 12.6. The summed E-state index contributed by atoms with van der Waals surface area (Å²) in [4.78, 5) is 24.3. The van der Waals surface area contributed by atoms with Crippen molar-refractivity contribution in [1.29, 1.82) is 0 Å². The number of hydrogen-bond acceptors (Lipinski definition) is 8. The molecule has 4 rings (SSSR count). The van der Waals surface area contributed by atoms with E-state index in [9.17, 15) is 18.0 Å². The molecule has 2 aliphatic heterocycles. The third kappa shape index (κ3) is 6.75. The van der Waals surface area contributed by atoms with Crippen molar-refractivity contribution in [2.45, 2.75) is 19.4 Å². The number of ether oxygens (including phenoxy) is 3. The molecule has 10 nitrogen and oxygen atoms in total. The van der Waals surface area contributed by atoms with Crippen molar-refractivity contribution in [3.63, 3.8) is 0 Å². The average Bonchev–Trinajstić information content (AvgIpc) is 3.31. The lowest BCUT2D eigenvalue weighted by Crippen LogP contribution is -2.36. The molecule has 0 aliphatic carbocycles. The van der Waals surface area contributed by atoms with E-state index in [1.54, 1.807) is 18.2 Å². The van der Waals surface area contributed by atoms with Gasteiger partial charge in [-0.3, -0.25) is 9.57 Å². The summed E-state index contributed by atoms with van der Waals surface area (Å²) in [5, 5.41) is 12.6. The summed E-state index contributed by atoms with van der Waals surface area (Å²) in [5.74, 6) is 1.04. The second kappa shape index (κ2) is 11.3. The van der Waals surface area contributed by atoms with Crippen LogP contribution in [0.2, 0.25) is 0 Å². The van der Waals surface area contributed by atoms with Crippen LogP contribution < -0.4 is 15.0 Å². The summed E-state index contributed by atoms with van der Waals surface area (Å²) in [6, 6.07) is 8.19. The van der Waals surface area contributed by atoms with E-state index in [1.165, 1.54) is 0 Å². The first-order chi connectivity index (χ1) is 17.2. The standard InChI is InChI=1S/C23H27F3N4O6/c1-15-2-3-17(27-22(32)30-13-18(14-35-30)36-23(24,25)26)12-19(15)16-10-20(29-4-7-33-8-5-29)28-21(11-16)34-9-6-31/h2-3,10-12,18,31H,4-9,13-14H2,1H3,(H,27,32)/t18-/m1/s1. The molecule has 1 atom stereocenters. The zero-order valence-corrected chi connectivity index (χ0v) is 19.6. The number of aryl methyl sites for hydroxylation is 1. The first kappa shape index (κ1) is 25.9. The zero-order chi connectivity index (χ0) is 25.7. The van der Waals surface area contributed by atoms with Crippen LogP contribution in [-0.4, -0.2) is 86.3 Å². The van der Waals surface area contributed by atoms with Crippen LogP contribution in [0.25, 0.3) is 11.1 Å². The summed E-state index contributed by atoms with van der Waals surface area (Å²) < 4.78 is 52.3. The summed E-state index contributed by atoms with van der Waals surface area (Å²) >= 11 is 0. The number of carbonyl (C=O) groups is 1. The van der Waals surface area contributed by atoms with Gasteiger partial charge >= 0.3 is 12.4 Å². The van der Waals surface area contributed by atoms with E-state index in [0.717, 1.165) is 21.8 Å². The van der Waals surface area contributed by atoms with Crippen LogP contribution in [0, 0.1) is 6.92 Å². The zero-order valence-electron chi connectivity index (χ0n) is 19.6. The van der Waals surface area contributed by atoms with Crippen LogP contribution in [0.1, 0.15) is 5.56 Å². The van der Waals surface area contributed by atoms with Gasteiger partial charge in [0.2, 0.25) is 5.88 Å². The smallest absolute Gasteiger partial charge is 0.475 e. The van der Waals surface area contributed by atoms with E-state index in [1.807, 2.05) is 19.1 Å². The fourth-order valence-corrected chi connectivity index (χ4v) is 3.89. The molecular formula is C23H27F3N4O6. The molecule has 0 radical (unpaired) electrons. The minimum absolute atomic E-state index is 0.0863. The molecule has 36 heavy (non-hydrogen) atoms. The van der Waals surface area contributed by atoms with Crippen molar-refractivity contribution < 1.29 is 42.1 Å². The number of carbonyl (C=O) groups excluding carboxylic acids is 1. The number of benzene rings is 1. The molecule has 2 fully saturated rings. The van der Waals surface area contributed by atoms with E-state index in [-0.39, 0.29) is 26.4 Å². The van der Waals surface area contributed by atoms with Crippen molar-refractivity contribution in [3.8, 4) is 17.0 Å². The monoisotopic (exact) mass is 512 g/mol. The Morgan fingerprint density at radius 1 is 1.25 bits per heavy atom. The van der Waals surface area contributed by atoms with Crippen LogP contribution in [0.3, 0.4) is 0 Å². The van der Waals surface area contributed by atoms with Gasteiger partial charge in [-0.1, -0.05) is 6.07 Å². The van der Waals surface area contributed by atoms with Crippen molar-refractivity contribution in [1.82, 2.24) is 10.0 Å². The van der Waals surface area contributed by atoms with Crippen LogP contribution in [-0.2, 0) is 14.3 Å². The molecule has 3 heterocycles. The molecule has 2 N–H and O–H groups in total. The van der Waals surface area contributed by atoms with Crippen molar-refractivity contribution in [3.05, 3.63) is 35.9 Å². The number of morpholine rings is 1. The Kier molecular flexibility index (Phi) is 8.14. The molecule has 0 unspecified atom stereocenters. The number of alkyl halides is 3. The Labute approximate surface area is 205 Å². The van der Waals surface area contributed by atoms with Crippen LogP contribution in [0.15, 0.2) is 30.3 Å². The normalized spacial score (nSPS) is 18.4. The predicted octanol–water partition coefficient (Wildman–Crippen LogP) is 2.95. The van der Waals surface area contributed by atoms with Gasteiger partial charge in [-0.25, -0.2) is 9.86 Å². The van der Waals surface area contributed by atoms with Gasteiger partial charge in [-0.2, -0.15) is 4.98 Å². The lowest BCUT2D eigenvalue weighted by atomic mass is 10.0. The number of rotatable bonds is 7. The molecule has 0 spiro atoms. The second-order valence-electron chi connectivity index (χ2n) is 8.23. The van der Waals surface area contributed by atoms with Gasteiger partial charge in [0.15, 0.2) is 0 Å². The molecule has 0 saturated carbocycles. The van der Waals surface area contributed by atoms with E-state index in [2.05, 4.69) is 19.9 Å². The van der Waals surface area contributed by atoms with Gasteiger partial charge < -0.3 is 24.8 Å². The minimum Gasteiger partial charge on any atom is -0.475 e. The SMILES string of the molecule is Cc1ccc(NC(=O)N2C[C@@H](OC(F)(F)F)CO2)cc1-c1cc(OCCO)nc(N2CCOCC2)c1. The topological polar surface area (TPSA) is 106 Å². The molecule has 2 aliphatic rings. The van der Waals surface area contributed by atoms with Crippen molar-refractivity contribution >= 4 is 17.5 Å². The molecule has 1 aromatic carbocycles. The Bertz CT molecular complexity index is 1060. The largest absolute Gasteiger partial charge is 0.522 e. The predicted molar refractivity (Wildman–Crippen MR) is 123 cm³/mol. The molecule has 2 saturated heterocycles. The maximum atomic E-state index is 12.6. The number of hydrogen-bond donors (Lipinski definition) is 2. The number of nitrogens with zero attached hydrogens (tertiary/aromatic N) is 3. The van der Waals surface area contributed by atoms with Crippen LogP contribution in [0.4, 0.5) is 29.5 Å². The summed E-state index contributed by atoms with van der Waals surface area (Å²) in [7, 11) is 0. The van der Waals surface area contributed by atoms with Crippen molar-refractivity contribution in [2.75, 3.05) is 62.9 Å². The van der Waals surface area contributed by atoms with Crippen LogP contribution >= 0.6 is 0 Å². The third-order valence-electron chi connectivity index (χ3n) is 5.58. The summed E-state index contributed by atoms with van der Waals surface area (Å²) in [5.41, 5.74) is 2.91. The van der Waals surface area contributed by atoms with Crippen molar-refractivity contribution in [2.24, 2.45) is 0 Å². The maximum Gasteiger partial charge on any atom is 0.522 e. The van der Waals surface area contributed by atoms with Gasteiger partial charge in [-0.05, 0) is 41.8 Å². The third-order valence-corrected chi connectivity index (χ3v) is 5.58. The molecule has 2 aromatic rings. The molecule has 196 valence electrons. The lowest BCUT2D eigenvalue weighted by Gasteiger charge is -2.28. The highest BCUT2D eigenvalue weighted by Crippen LogP contribution is 2.32. The first-order valence-corrected chi connectivity index (χ1v) is 11.4. The van der Waals surface area contributed by atoms with Crippen LogP contribution in [0.5, 0.6) is 5.88 Å². The van der Waals surface area contributed by atoms with E-state index in [4.69, 9.17) is 19.4 Å². The molecule has 2 amide bonds. The highest BCUT2D eigenvalue weighted by molar-refractivity contribution is 5.90. The number of anilines is 2. The molecule has 0 bridgehead atoms. The second-order valence-corrected chi connectivity index (χ2v) is 8.23. The fraction of sp³-hybridized carbons (Fsp3) is 0.478. The Hall–Kier alpha value is -3.13. The number of aromatic nitrogens is 1. The first-order valence-electron chi connectivity index (χ1n) is 11.4. The van der Waals surface area contributed by atoms with Gasteiger partial charge in [0, 0.05) is 24.8 Å². The fourth-order valence-electron chi connectivity index (χ4n) is 3.89. The van der Waals surface area contributed by atoms with E-state index < -0.39 is 18.5 Å². The number of aliphatic hydroxyl groups is 1. The Balaban J connectivity index is 1.53. The highest BCUT2D eigenvalue weighted by Gasteiger charge is 2.38. The number of nitrogens with one attached hydrogen (secondary N) is 1. The number of aliphatic hydroxyl groups excluding tert-OH is 1. The summed E-state index contributed by atoms with van der Waals surface area (Å²) in [6.45, 7) is 3.58. The molecule has 13 heteroatoms. The van der Waals surface area contributed by atoms with Gasteiger partial charge in [0.05, 0.1) is 26.4 Å². The molecule has 1 aromatic heterocycles. The highest BCUT2D eigenvalue weighted by atomic mass is 19.4. The molecular weight excluding hydrogens is 485 g/mol. The number of urea groups is 1. The number of hydroxylamine groups is 2. The Morgan fingerprint density at radius 2 is 2.03 bits per heavy atom. The average molecular weight is 512 g/mol. The number of halogens is 3. The van der Waals surface area contributed by atoms with E-state index in [0.29, 0.717) is 43.7 Å². The minimum atomic E-state index is -4.81. The summed E-state index contributed by atoms with van der Waals surface area (Å²) in [6.07, 6.45) is -6.10. The van der Waals surface area contributed by atoms with Gasteiger partial charge in [0.25, 0.3) is 0 Å². The van der Waals surface area contributed by atoms with Gasteiger partial charge in [0.1, 0.15) is 25.1 Å². The van der Waals surface area contributed by atoms with E-state index >= 15 is 0 Å². The Morgan fingerprint density at radius 3 is 2.75 bits per heavy atom. The van der Waals surface area contributed by atoms with Gasteiger partial charge in [-0.15, -0.1) is 13.2 Å². The quantitative estimate of drug-likeness (QED) is 0.584.